The predicted octanol–water partition coefficient (Wildman–Crippen LogP) is 4.05. The average Bonchev–Trinajstić information content (AvgIpc) is 2.83. The molecule has 1 saturated heterocycles. The highest BCUT2D eigenvalue weighted by atomic mass is 32.2. The second-order valence-electron chi connectivity index (χ2n) is 5.16. The maximum atomic E-state index is 12.6. The monoisotopic (exact) mass is 354 g/mol. The normalized spacial score (nSPS) is 15.9. The third-order valence-corrected chi connectivity index (χ3v) is 4.64. The maximum Gasteiger partial charge on any atom is 0.270 e. The van der Waals surface area contributed by atoms with E-state index in [9.17, 15) is 9.59 Å². The number of nitrogens with one attached hydrogen (secondary N) is 1. The van der Waals surface area contributed by atoms with E-state index >= 15 is 0 Å². The Hall–Kier alpha value is -2.44. The first-order valence-electron chi connectivity index (χ1n) is 7.25. The molecule has 0 atom stereocenters. The van der Waals surface area contributed by atoms with Crippen molar-refractivity contribution in [1.29, 1.82) is 0 Å². The summed E-state index contributed by atoms with van der Waals surface area (Å²) in [6, 6.07) is 16.6. The summed E-state index contributed by atoms with van der Waals surface area (Å²) in [6.07, 6.45) is 1.81. The molecule has 1 N–H and O–H groups in total. The van der Waals surface area contributed by atoms with Crippen molar-refractivity contribution in [3.63, 3.8) is 0 Å². The number of rotatable bonds is 3. The molecule has 0 radical (unpaired) electrons. The van der Waals surface area contributed by atoms with Gasteiger partial charge in [0.05, 0.1) is 10.6 Å². The van der Waals surface area contributed by atoms with Crippen molar-refractivity contribution < 1.29 is 9.59 Å². The van der Waals surface area contributed by atoms with Gasteiger partial charge in [-0.05, 0) is 35.9 Å². The average molecular weight is 354 g/mol. The van der Waals surface area contributed by atoms with Crippen molar-refractivity contribution in [2.75, 3.05) is 10.2 Å². The molecule has 2 amide bonds. The first-order valence-corrected chi connectivity index (χ1v) is 8.48. The van der Waals surface area contributed by atoms with Crippen LogP contribution in [0, 0.1) is 0 Å². The Morgan fingerprint density at radius 1 is 1.12 bits per heavy atom. The molecule has 24 heavy (non-hydrogen) atoms. The number of nitrogens with zero attached hydrogens (tertiary/aromatic N) is 1. The quantitative estimate of drug-likeness (QED) is 0.667. The summed E-state index contributed by atoms with van der Waals surface area (Å²) in [5.74, 6) is -0.242. The minimum atomic E-state index is -0.123. The SMILES string of the molecule is CC(=O)Nc1ccc(/C=C2/SC(=S)N(c3ccccc3)C2=O)cc1. The molecule has 4 nitrogen and oxygen atoms in total. The van der Waals surface area contributed by atoms with Gasteiger partial charge >= 0.3 is 0 Å². The third-order valence-electron chi connectivity index (χ3n) is 3.34. The Morgan fingerprint density at radius 2 is 1.79 bits per heavy atom. The molecule has 120 valence electrons. The number of carbonyl (C=O) groups excluding carboxylic acids is 2. The van der Waals surface area contributed by atoms with E-state index in [1.165, 1.54) is 23.6 Å². The molecule has 0 aromatic heterocycles. The van der Waals surface area contributed by atoms with Crippen LogP contribution in [0.25, 0.3) is 6.08 Å². The van der Waals surface area contributed by atoms with Crippen molar-refractivity contribution in [1.82, 2.24) is 0 Å². The zero-order valence-electron chi connectivity index (χ0n) is 12.9. The molecular formula is C18H14N2O2S2. The summed E-state index contributed by atoms with van der Waals surface area (Å²) in [7, 11) is 0. The number of amides is 2. The summed E-state index contributed by atoms with van der Waals surface area (Å²) in [4.78, 5) is 25.8. The summed E-state index contributed by atoms with van der Waals surface area (Å²) >= 11 is 6.63. The largest absolute Gasteiger partial charge is 0.326 e. The van der Waals surface area contributed by atoms with Crippen LogP contribution in [0.15, 0.2) is 59.5 Å². The van der Waals surface area contributed by atoms with Crippen LogP contribution in [0.2, 0.25) is 0 Å². The molecule has 1 aliphatic heterocycles. The van der Waals surface area contributed by atoms with Crippen molar-refractivity contribution in [2.45, 2.75) is 6.92 Å². The second-order valence-corrected chi connectivity index (χ2v) is 6.83. The van der Waals surface area contributed by atoms with Gasteiger partial charge in [-0.2, -0.15) is 0 Å². The van der Waals surface area contributed by atoms with Crippen molar-refractivity contribution >= 4 is 57.6 Å². The fraction of sp³-hybridized carbons (Fsp3) is 0.0556. The number of benzene rings is 2. The smallest absolute Gasteiger partial charge is 0.270 e. The molecule has 0 bridgehead atoms. The number of hydrogen-bond acceptors (Lipinski definition) is 4. The molecule has 1 aliphatic rings. The van der Waals surface area contributed by atoms with Crippen molar-refractivity contribution in [3.8, 4) is 0 Å². The second kappa shape index (κ2) is 6.98. The van der Waals surface area contributed by atoms with E-state index in [2.05, 4.69) is 5.32 Å². The van der Waals surface area contributed by atoms with Crippen molar-refractivity contribution in [2.24, 2.45) is 0 Å². The number of hydrogen-bond donors (Lipinski definition) is 1. The molecule has 1 heterocycles. The molecule has 0 unspecified atom stereocenters. The standard InChI is InChI=1S/C18H14N2O2S2/c1-12(21)19-14-9-7-13(8-10-14)11-16-17(22)20(18(23)24-16)15-5-3-2-4-6-15/h2-11H,1H3,(H,19,21)/b16-11+. The lowest BCUT2D eigenvalue weighted by molar-refractivity contribution is -0.114. The Labute approximate surface area is 149 Å². The van der Waals surface area contributed by atoms with Gasteiger partial charge in [-0.15, -0.1) is 0 Å². The van der Waals surface area contributed by atoms with Crippen LogP contribution >= 0.6 is 24.0 Å². The summed E-state index contributed by atoms with van der Waals surface area (Å²) < 4.78 is 0.521. The van der Waals surface area contributed by atoms with Gasteiger partial charge in [0.1, 0.15) is 0 Å². The van der Waals surface area contributed by atoms with Gasteiger partial charge in [0.15, 0.2) is 4.32 Å². The Kier molecular flexibility index (Phi) is 4.78. The Bertz CT molecular complexity index is 830. The summed E-state index contributed by atoms with van der Waals surface area (Å²) in [6.45, 7) is 1.46. The lowest BCUT2D eigenvalue weighted by atomic mass is 10.2. The molecule has 0 spiro atoms. The Balaban J connectivity index is 1.82. The fourth-order valence-electron chi connectivity index (χ4n) is 2.28. The first-order chi connectivity index (χ1) is 11.5. The van der Waals surface area contributed by atoms with Crippen LogP contribution in [0.1, 0.15) is 12.5 Å². The molecule has 0 aliphatic carbocycles. The van der Waals surface area contributed by atoms with Gasteiger partial charge < -0.3 is 5.32 Å². The van der Waals surface area contributed by atoms with E-state index in [4.69, 9.17) is 12.2 Å². The minimum absolute atomic E-state index is 0.119. The zero-order chi connectivity index (χ0) is 17.1. The van der Waals surface area contributed by atoms with E-state index in [-0.39, 0.29) is 11.8 Å². The number of para-hydroxylation sites is 1. The van der Waals surface area contributed by atoms with Crippen LogP contribution < -0.4 is 10.2 Å². The molecule has 2 aromatic rings. The lowest BCUT2D eigenvalue weighted by Crippen LogP contribution is -2.27. The lowest BCUT2D eigenvalue weighted by Gasteiger charge is -2.13. The van der Waals surface area contributed by atoms with Crippen LogP contribution in [-0.2, 0) is 9.59 Å². The van der Waals surface area contributed by atoms with Crippen LogP contribution in [-0.4, -0.2) is 16.1 Å². The van der Waals surface area contributed by atoms with Gasteiger partial charge in [-0.1, -0.05) is 54.3 Å². The van der Waals surface area contributed by atoms with Gasteiger partial charge in [0, 0.05) is 12.6 Å². The van der Waals surface area contributed by atoms with Crippen LogP contribution in [0.4, 0.5) is 11.4 Å². The third kappa shape index (κ3) is 3.55. The molecule has 2 aromatic carbocycles. The summed E-state index contributed by atoms with van der Waals surface area (Å²) in [5.41, 5.74) is 2.36. The van der Waals surface area contributed by atoms with E-state index in [0.29, 0.717) is 9.23 Å². The first kappa shape index (κ1) is 16.4. The summed E-state index contributed by atoms with van der Waals surface area (Å²) in [5, 5.41) is 2.71. The number of anilines is 2. The number of carbonyl (C=O) groups is 2. The fourth-order valence-corrected chi connectivity index (χ4v) is 3.58. The van der Waals surface area contributed by atoms with E-state index in [1.54, 1.807) is 18.2 Å². The van der Waals surface area contributed by atoms with Crippen LogP contribution in [0.5, 0.6) is 0 Å². The molecule has 3 rings (SSSR count). The number of thiocarbonyl (C=S) groups is 1. The molecule has 0 saturated carbocycles. The van der Waals surface area contributed by atoms with Gasteiger partial charge in [0.25, 0.3) is 5.91 Å². The van der Waals surface area contributed by atoms with Gasteiger partial charge in [0.2, 0.25) is 5.91 Å². The highest BCUT2D eigenvalue weighted by Crippen LogP contribution is 2.35. The Morgan fingerprint density at radius 3 is 2.42 bits per heavy atom. The zero-order valence-corrected chi connectivity index (χ0v) is 14.5. The van der Waals surface area contributed by atoms with Gasteiger partial charge in [-0.3, -0.25) is 14.5 Å². The maximum absolute atomic E-state index is 12.6. The van der Waals surface area contributed by atoms with Crippen LogP contribution in [0.3, 0.4) is 0 Å². The van der Waals surface area contributed by atoms with Gasteiger partial charge in [-0.25, -0.2) is 0 Å². The van der Waals surface area contributed by atoms with E-state index in [0.717, 1.165) is 16.9 Å². The molecule has 6 heteroatoms. The minimum Gasteiger partial charge on any atom is -0.326 e. The highest BCUT2D eigenvalue weighted by molar-refractivity contribution is 8.27. The number of thioether (sulfide) groups is 1. The highest BCUT2D eigenvalue weighted by Gasteiger charge is 2.33. The van der Waals surface area contributed by atoms with Crippen molar-refractivity contribution in [3.05, 3.63) is 65.1 Å². The van der Waals surface area contributed by atoms with E-state index < -0.39 is 0 Å². The predicted molar refractivity (Wildman–Crippen MR) is 103 cm³/mol. The molecule has 1 fully saturated rings. The molecular weight excluding hydrogens is 340 g/mol. The topological polar surface area (TPSA) is 49.4 Å². The van der Waals surface area contributed by atoms with E-state index in [1.807, 2.05) is 42.5 Å².